The van der Waals surface area contributed by atoms with Gasteiger partial charge >= 0.3 is 7.32 Å². The van der Waals surface area contributed by atoms with Gasteiger partial charge in [-0.15, -0.1) is 0 Å². The van der Waals surface area contributed by atoms with Crippen LogP contribution < -0.4 is 0 Å². The summed E-state index contributed by atoms with van der Waals surface area (Å²) in [6, 6.07) is 0. The molecule has 1 saturated heterocycles. The van der Waals surface area contributed by atoms with E-state index in [2.05, 4.69) is 4.18 Å². The molecule has 130 valence electrons. The van der Waals surface area contributed by atoms with E-state index in [4.69, 9.17) is 19.1 Å². The van der Waals surface area contributed by atoms with E-state index in [9.17, 15) is 17.2 Å². The van der Waals surface area contributed by atoms with Crippen LogP contribution in [-0.4, -0.2) is 73.1 Å². The summed E-state index contributed by atoms with van der Waals surface area (Å²) in [5.41, 5.74) is 0. The van der Waals surface area contributed by atoms with Crippen LogP contribution in [0.5, 0.6) is 0 Å². The van der Waals surface area contributed by atoms with Crippen molar-refractivity contribution >= 4 is 28.5 Å². The molecular weight excluding hydrogens is 339 g/mol. The first kappa shape index (κ1) is 20.0. The molecule has 1 fully saturated rings. The van der Waals surface area contributed by atoms with Crippen LogP contribution in [0, 0.1) is 5.92 Å². The van der Waals surface area contributed by atoms with Gasteiger partial charge in [-0.25, -0.2) is 0 Å². The second kappa shape index (κ2) is 9.28. The molecule has 22 heavy (non-hydrogen) atoms. The van der Waals surface area contributed by atoms with Crippen molar-refractivity contribution in [3.05, 3.63) is 0 Å². The van der Waals surface area contributed by atoms with E-state index in [0.29, 0.717) is 0 Å². The smallest absolute Gasteiger partial charge is 0.640 e. The fraction of sp³-hybridized carbons (Fsp3) is 1.00. The van der Waals surface area contributed by atoms with E-state index in [0.717, 1.165) is 0 Å². The molecule has 9 nitrogen and oxygen atoms in total. The third-order valence-electron chi connectivity index (χ3n) is 2.52. The van der Waals surface area contributed by atoms with Crippen molar-refractivity contribution < 1.29 is 40.4 Å². The Morgan fingerprint density at radius 1 is 1.50 bits per heavy atom. The van der Waals surface area contributed by atoms with Crippen LogP contribution >= 0.6 is 0 Å². The van der Waals surface area contributed by atoms with E-state index in [1.54, 1.807) is 0 Å². The maximum atomic E-state index is 11.2. The Morgan fingerprint density at radius 2 is 2.18 bits per heavy atom. The molecule has 1 heterocycles. The average Bonchev–Trinajstić information content (AvgIpc) is 2.73. The summed E-state index contributed by atoms with van der Waals surface area (Å²) < 4.78 is 64.3. The molecule has 0 aromatic carbocycles. The summed E-state index contributed by atoms with van der Waals surface area (Å²) >= 11 is -2.41. The summed E-state index contributed by atoms with van der Waals surface area (Å²) in [6.45, 7) is 3.32. The van der Waals surface area contributed by atoms with Crippen LogP contribution in [-0.2, 0) is 39.3 Å². The van der Waals surface area contributed by atoms with Crippen molar-refractivity contribution in [2.45, 2.75) is 26.1 Å². The summed E-state index contributed by atoms with van der Waals surface area (Å²) in [4.78, 5) is 0. The van der Waals surface area contributed by atoms with Crippen LogP contribution in [0.1, 0.15) is 13.8 Å². The van der Waals surface area contributed by atoms with Gasteiger partial charge in [0.25, 0.3) is 10.1 Å². The number of aliphatic hydroxyl groups excluding tert-OH is 1. The molecule has 0 saturated carbocycles. The number of rotatable bonds is 10. The van der Waals surface area contributed by atoms with E-state index in [-0.39, 0.29) is 24.9 Å². The van der Waals surface area contributed by atoms with Crippen LogP contribution in [0.2, 0.25) is 0 Å². The molecule has 3 atom stereocenters. The molecular formula is C10H20BO9S2-. The van der Waals surface area contributed by atoms with Gasteiger partial charge in [0.15, 0.2) is 0 Å². The first-order chi connectivity index (χ1) is 10.2. The number of hydrogen-bond donors (Lipinski definition) is 1. The zero-order chi connectivity index (χ0) is 16.8. The first-order valence-electron chi connectivity index (χ1n) is 6.68. The zero-order valence-electron chi connectivity index (χ0n) is 12.4. The van der Waals surface area contributed by atoms with Crippen molar-refractivity contribution in [1.82, 2.24) is 0 Å². The van der Waals surface area contributed by atoms with E-state index >= 15 is 0 Å². The second-order valence-corrected chi connectivity index (χ2v) is 7.82. The van der Waals surface area contributed by atoms with Gasteiger partial charge in [0, 0.05) is 12.4 Å². The maximum absolute atomic E-state index is 11.2. The summed E-state index contributed by atoms with van der Waals surface area (Å²) in [5.74, 6) is -0.616. The molecule has 1 rings (SSSR count). The van der Waals surface area contributed by atoms with E-state index in [1.165, 1.54) is 0 Å². The molecule has 1 N–H and O–H groups in total. The van der Waals surface area contributed by atoms with Gasteiger partial charge in [-0.3, -0.25) is 8.39 Å². The van der Waals surface area contributed by atoms with Gasteiger partial charge in [-0.05, 0) is 5.92 Å². The fourth-order valence-electron chi connectivity index (χ4n) is 1.56. The molecule has 0 aliphatic carbocycles. The molecule has 0 aromatic rings. The third-order valence-corrected chi connectivity index (χ3v) is 4.44. The van der Waals surface area contributed by atoms with Gasteiger partial charge in [-0.2, -0.15) is 8.42 Å². The Balaban J connectivity index is 2.60. The van der Waals surface area contributed by atoms with Crippen LogP contribution in [0.25, 0.3) is 0 Å². The molecule has 1 aliphatic heterocycles. The Kier molecular flexibility index (Phi) is 8.42. The summed E-state index contributed by atoms with van der Waals surface area (Å²) in [6.07, 6.45) is -1.81. The standard InChI is InChI=1S/C10H21BO9S2/c1-8(2)4-17-11(19-9(3-12)6-21(13)14)20-10-5-18-22(15,16)7-10/h8-10,12H,3-7H2,1-2H3,(H,13,14)/p-1. The quantitative estimate of drug-likeness (QED) is 0.285. The molecule has 12 heteroatoms. The van der Waals surface area contributed by atoms with Gasteiger partial charge in [0.1, 0.15) is 5.75 Å². The van der Waals surface area contributed by atoms with Crippen LogP contribution in [0.3, 0.4) is 0 Å². The van der Waals surface area contributed by atoms with Gasteiger partial charge in [0.2, 0.25) is 0 Å². The number of hydrogen-bond acceptors (Lipinski definition) is 9. The van der Waals surface area contributed by atoms with Crippen molar-refractivity contribution in [1.29, 1.82) is 0 Å². The Bertz CT molecular complexity index is 455. The van der Waals surface area contributed by atoms with Gasteiger partial charge in [0.05, 0.1) is 25.4 Å². The lowest BCUT2D eigenvalue weighted by molar-refractivity contribution is 0.0145. The van der Waals surface area contributed by atoms with Crippen molar-refractivity contribution in [2.75, 3.05) is 31.3 Å². The molecule has 0 spiro atoms. The molecule has 1 aliphatic rings. The largest absolute Gasteiger partial charge is 0.772 e. The molecule has 0 radical (unpaired) electrons. The lowest BCUT2D eigenvalue weighted by atomic mass is 10.1. The van der Waals surface area contributed by atoms with Crippen molar-refractivity contribution in [2.24, 2.45) is 5.92 Å². The average molecular weight is 359 g/mol. The summed E-state index contributed by atoms with van der Waals surface area (Å²) in [7, 11) is -4.90. The monoisotopic (exact) mass is 359 g/mol. The Hall–Kier alpha value is -0.0751. The lowest BCUT2D eigenvalue weighted by Crippen LogP contribution is -2.40. The highest BCUT2D eigenvalue weighted by atomic mass is 32.2. The molecule has 0 amide bonds. The van der Waals surface area contributed by atoms with E-state index in [1.807, 2.05) is 13.8 Å². The minimum absolute atomic E-state index is 0.152. The normalized spacial score (nSPS) is 23.6. The fourth-order valence-corrected chi connectivity index (χ4v) is 3.14. The maximum Gasteiger partial charge on any atom is 0.640 e. The van der Waals surface area contributed by atoms with Crippen LogP contribution in [0.4, 0.5) is 0 Å². The highest BCUT2D eigenvalue weighted by molar-refractivity contribution is 7.87. The minimum Gasteiger partial charge on any atom is -0.772 e. The predicted octanol–water partition coefficient (Wildman–Crippen LogP) is -1.35. The third kappa shape index (κ3) is 7.97. The van der Waals surface area contributed by atoms with E-state index < -0.39 is 53.1 Å². The molecule has 0 bridgehead atoms. The first-order valence-corrected chi connectivity index (χ1v) is 9.50. The number of aliphatic hydroxyl groups is 1. The second-order valence-electron chi connectivity index (χ2n) is 5.19. The Labute approximate surface area is 132 Å². The highest BCUT2D eigenvalue weighted by Gasteiger charge is 2.36. The molecule has 3 unspecified atom stereocenters. The topological polar surface area (TPSA) is 131 Å². The summed E-state index contributed by atoms with van der Waals surface area (Å²) in [5, 5.41) is 9.12. The van der Waals surface area contributed by atoms with Gasteiger partial charge in [-0.1, -0.05) is 24.9 Å². The predicted molar refractivity (Wildman–Crippen MR) is 76.9 cm³/mol. The molecule has 0 aromatic heterocycles. The zero-order valence-corrected chi connectivity index (χ0v) is 14.0. The van der Waals surface area contributed by atoms with Gasteiger partial charge < -0.3 is 23.6 Å². The lowest BCUT2D eigenvalue weighted by Gasteiger charge is -2.23. The SMILES string of the molecule is CC(C)COB(OC(CO)CS(=O)[O-])OC1COS(=O)(=O)C1. The minimum atomic E-state index is -3.61. The highest BCUT2D eigenvalue weighted by Crippen LogP contribution is 2.14. The Morgan fingerprint density at radius 3 is 2.64 bits per heavy atom. The van der Waals surface area contributed by atoms with Crippen molar-refractivity contribution in [3.63, 3.8) is 0 Å². The van der Waals surface area contributed by atoms with Crippen molar-refractivity contribution in [3.8, 4) is 0 Å². The van der Waals surface area contributed by atoms with Crippen LogP contribution in [0.15, 0.2) is 0 Å².